The number of nitrogens with one attached hydrogen (secondary N) is 1. The molecule has 0 heterocycles. The van der Waals surface area contributed by atoms with Gasteiger partial charge in [-0.25, -0.2) is 0 Å². The van der Waals surface area contributed by atoms with Crippen molar-refractivity contribution >= 4 is 17.6 Å². The number of ether oxygens (including phenoxy) is 1. The minimum absolute atomic E-state index is 0.105. The van der Waals surface area contributed by atoms with Gasteiger partial charge in [0.25, 0.3) is 0 Å². The first kappa shape index (κ1) is 18.0. The number of hydrogen-bond acceptors (Lipinski definition) is 3. The summed E-state index contributed by atoms with van der Waals surface area (Å²) in [5.41, 5.74) is 7.99. The molecule has 0 aliphatic heterocycles. The molecule has 0 saturated heterocycles. The van der Waals surface area contributed by atoms with Crippen molar-refractivity contribution in [3.63, 3.8) is 0 Å². The molecule has 5 heteroatoms. The van der Waals surface area contributed by atoms with E-state index in [-0.39, 0.29) is 5.97 Å². The van der Waals surface area contributed by atoms with Crippen LogP contribution in [0.4, 0.5) is 5.69 Å². The van der Waals surface area contributed by atoms with Gasteiger partial charge < -0.3 is 15.8 Å². The maximum Gasteiger partial charge on any atom is 0.305 e. The predicted octanol–water partition coefficient (Wildman–Crippen LogP) is 3.24. The van der Waals surface area contributed by atoms with Crippen LogP contribution >= 0.6 is 0 Å². The van der Waals surface area contributed by atoms with Gasteiger partial charge in [0.15, 0.2) is 5.96 Å². The van der Waals surface area contributed by atoms with Crippen LogP contribution in [0.3, 0.4) is 0 Å². The molecule has 0 unspecified atom stereocenters. The Morgan fingerprint density at radius 2 is 1.86 bits per heavy atom. The van der Waals surface area contributed by atoms with Crippen molar-refractivity contribution in [1.29, 1.82) is 0 Å². The summed E-state index contributed by atoms with van der Waals surface area (Å²) >= 11 is 0. The number of aliphatic imine (C=N–C) groups is 1. The number of hydrogen-bond donors (Lipinski definition) is 2. The lowest BCUT2D eigenvalue weighted by molar-refractivity contribution is -0.143. The molecule has 0 atom stereocenters. The van der Waals surface area contributed by atoms with E-state index >= 15 is 0 Å². The molecular formula is C17H27N3O2. The van der Waals surface area contributed by atoms with Gasteiger partial charge in [0.05, 0.1) is 6.61 Å². The molecule has 1 rings (SSSR count). The van der Waals surface area contributed by atoms with Crippen LogP contribution in [0.5, 0.6) is 0 Å². The summed E-state index contributed by atoms with van der Waals surface area (Å²) in [6.45, 7) is 5.03. The normalized spacial score (nSPS) is 11.3. The third kappa shape index (κ3) is 8.29. The lowest BCUT2D eigenvalue weighted by atomic mass is 10.1. The van der Waals surface area contributed by atoms with Gasteiger partial charge in [-0.2, -0.15) is 0 Å². The van der Waals surface area contributed by atoms with Gasteiger partial charge in [-0.05, 0) is 38.8 Å². The van der Waals surface area contributed by atoms with Crippen molar-refractivity contribution in [2.75, 3.05) is 18.5 Å². The number of nitrogens with zero attached hydrogens (tertiary/aromatic N) is 1. The van der Waals surface area contributed by atoms with Crippen LogP contribution in [0.25, 0.3) is 0 Å². The van der Waals surface area contributed by atoms with E-state index in [1.807, 2.05) is 38.1 Å². The Bertz CT molecular complexity index is 469. The molecule has 5 nitrogen and oxygen atoms in total. The lowest BCUT2D eigenvalue weighted by Crippen LogP contribution is -2.22. The number of unbranched alkanes of at least 4 members (excludes halogenated alkanes) is 3. The van der Waals surface area contributed by atoms with Crippen LogP contribution in [-0.2, 0) is 9.53 Å². The fourth-order valence-corrected chi connectivity index (χ4v) is 1.99. The smallest absolute Gasteiger partial charge is 0.305 e. The lowest BCUT2D eigenvalue weighted by Gasteiger charge is -2.06. The summed E-state index contributed by atoms with van der Waals surface area (Å²) in [4.78, 5) is 15.4. The average molecular weight is 305 g/mol. The van der Waals surface area contributed by atoms with Gasteiger partial charge in [-0.15, -0.1) is 0 Å². The van der Waals surface area contributed by atoms with E-state index in [9.17, 15) is 4.79 Å². The fourth-order valence-electron chi connectivity index (χ4n) is 1.99. The molecule has 122 valence electrons. The second kappa shape index (κ2) is 10.7. The molecular weight excluding hydrogens is 278 g/mol. The molecule has 1 aromatic carbocycles. The zero-order valence-corrected chi connectivity index (χ0v) is 13.6. The Balaban J connectivity index is 2.09. The number of benzene rings is 1. The molecule has 22 heavy (non-hydrogen) atoms. The number of esters is 1. The summed E-state index contributed by atoms with van der Waals surface area (Å²) in [7, 11) is 0. The largest absolute Gasteiger partial charge is 0.466 e. The van der Waals surface area contributed by atoms with E-state index < -0.39 is 0 Å². The highest BCUT2D eigenvalue weighted by molar-refractivity contribution is 5.92. The van der Waals surface area contributed by atoms with Crippen LogP contribution in [0, 0.1) is 6.92 Å². The highest BCUT2D eigenvalue weighted by atomic mass is 16.5. The Hall–Kier alpha value is -2.04. The number of carbonyl (C=O) groups is 1. The van der Waals surface area contributed by atoms with Crippen LogP contribution in [0.1, 0.15) is 44.6 Å². The van der Waals surface area contributed by atoms with Crippen molar-refractivity contribution in [3.8, 4) is 0 Å². The van der Waals surface area contributed by atoms with Crippen molar-refractivity contribution in [1.82, 2.24) is 0 Å². The van der Waals surface area contributed by atoms with Crippen molar-refractivity contribution in [3.05, 3.63) is 29.8 Å². The van der Waals surface area contributed by atoms with Crippen LogP contribution in [0.2, 0.25) is 0 Å². The van der Waals surface area contributed by atoms with Crippen molar-refractivity contribution < 1.29 is 9.53 Å². The molecule has 1 aromatic rings. The second-order valence-corrected chi connectivity index (χ2v) is 5.23. The molecule has 0 aliphatic carbocycles. The van der Waals surface area contributed by atoms with E-state index in [1.165, 1.54) is 5.56 Å². The van der Waals surface area contributed by atoms with E-state index in [0.717, 1.165) is 31.4 Å². The Labute approximate surface area is 133 Å². The first-order chi connectivity index (χ1) is 10.6. The Kier molecular flexibility index (Phi) is 8.72. The van der Waals surface area contributed by atoms with Gasteiger partial charge in [-0.3, -0.25) is 9.79 Å². The van der Waals surface area contributed by atoms with E-state index in [1.54, 1.807) is 0 Å². The molecule has 0 radical (unpaired) electrons. The highest BCUT2D eigenvalue weighted by Crippen LogP contribution is 2.08. The number of guanidine groups is 1. The van der Waals surface area contributed by atoms with Gasteiger partial charge in [-0.1, -0.05) is 30.5 Å². The quantitative estimate of drug-likeness (QED) is 0.318. The van der Waals surface area contributed by atoms with E-state index in [4.69, 9.17) is 10.5 Å². The third-order valence-corrected chi connectivity index (χ3v) is 3.20. The molecule has 0 amide bonds. The first-order valence-corrected chi connectivity index (χ1v) is 7.91. The zero-order valence-electron chi connectivity index (χ0n) is 13.6. The monoisotopic (exact) mass is 305 g/mol. The number of aryl methyl sites for hydroxylation is 1. The summed E-state index contributed by atoms with van der Waals surface area (Å²) in [6.07, 6.45) is 4.41. The zero-order chi connectivity index (χ0) is 16.2. The highest BCUT2D eigenvalue weighted by Gasteiger charge is 2.00. The summed E-state index contributed by atoms with van der Waals surface area (Å²) in [6, 6.07) is 8.01. The van der Waals surface area contributed by atoms with Gasteiger partial charge in [0.1, 0.15) is 0 Å². The van der Waals surface area contributed by atoms with Crippen LogP contribution < -0.4 is 11.1 Å². The third-order valence-electron chi connectivity index (χ3n) is 3.20. The van der Waals surface area contributed by atoms with E-state index in [2.05, 4.69) is 10.3 Å². The molecule has 0 saturated carbocycles. The fraction of sp³-hybridized carbons (Fsp3) is 0.529. The van der Waals surface area contributed by atoms with Gasteiger partial charge in [0.2, 0.25) is 0 Å². The van der Waals surface area contributed by atoms with E-state index in [0.29, 0.717) is 25.5 Å². The predicted molar refractivity (Wildman–Crippen MR) is 91.0 cm³/mol. The van der Waals surface area contributed by atoms with Crippen LogP contribution in [0.15, 0.2) is 29.3 Å². The Morgan fingerprint density at radius 3 is 2.55 bits per heavy atom. The molecule has 0 aliphatic rings. The van der Waals surface area contributed by atoms with Crippen LogP contribution in [-0.4, -0.2) is 25.1 Å². The SMILES string of the molecule is CCOC(=O)CCCCCCN=C(N)Nc1ccc(C)cc1. The summed E-state index contributed by atoms with van der Waals surface area (Å²) in [5.74, 6) is 0.336. The maximum atomic E-state index is 11.1. The first-order valence-electron chi connectivity index (χ1n) is 7.91. The molecule has 0 fully saturated rings. The number of nitrogens with two attached hydrogens (primary N) is 1. The standard InChI is InChI=1S/C17H27N3O2/c1-3-22-16(21)8-6-4-5-7-13-19-17(18)20-15-11-9-14(2)10-12-15/h9-12H,3-8,13H2,1-2H3,(H3,18,19,20). The summed E-state index contributed by atoms with van der Waals surface area (Å²) in [5, 5.41) is 3.07. The van der Waals surface area contributed by atoms with Crippen molar-refractivity contribution in [2.24, 2.45) is 10.7 Å². The molecule has 3 N–H and O–H groups in total. The molecule has 0 bridgehead atoms. The Morgan fingerprint density at radius 1 is 1.18 bits per heavy atom. The second-order valence-electron chi connectivity index (χ2n) is 5.23. The topological polar surface area (TPSA) is 76.7 Å². The van der Waals surface area contributed by atoms with Gasteiger partial charge >= 0.3 is 5.97 Å². The molecule has 0 aromatic heterocycles. The maximum absolute atomic E-state index is 11.1. The number of rotatable bonds is 9. The average Bonchev–Trinajstić information content (AvgIpc) is 2.49. The van der Waals surface area contributed by atoms with Crippen molar-refractivity contribution in [2.45, 2.75) is 46.0 Å². The molecule has 0 spiro atoms. The summed E-state index contributed by atoms with van der Waals surface area (Å²) < 4.78 is 4.88. The van der Waals surface area contributed by atoms with Gasteiger partial charge in [0, 0.05) is 18.7 Å². The number of carbonyl (C=O) groups excluding carboxylic acids is 1. The minimum atomic E-state index is -0.105. The minimum Gasteiger partial charge on any atom is -0.466 e. The number of anilines is 1.